The van der Waals surface area contributed by atoms with Crippen molar-refractivity contribution in [1.82, 2.24) is 0 Å². The molecule has 1 heterocycles. The van der Waals surface area contributed by atoms with Gasteiger partial charge in [-0.2, -0.15) is 0 Å². The lowest BCUT2D eigenvalue weighted by Gasteiger charge is -2.06. The highest BCUT2D eigenvalue weighted by Crippen LogP contribution is 2.23. The lowest BCUT2D eigenvalue weighted by atomic mass is 10.1. The molecule has 0 atom stereocenters. The second-order valence-electron chi connectivity index (χ2n) is 5.10. The summed E-state index contributed by atoms with van der Waals surface area (Å²) in [5.74, 6) is -0.190. The minimum Gasteiger partial charge on any atom is -0.462 e. The van der Waals surface area contributed by atoms with E-state index in [0.29, 0.717) is 12.2 Å². The molecule has 3 nitrogen and oxygen atoms in total. The number of ether oxygens (including phenoxy) is 1. The van der Waals surface area contributed by atoms with Crippen LogP contribution in [0.3, 0.4) is 0 Å². The summed E-state index contributed by atoms with van der Waals surface area (Å²) >= 11 is 0. The van der Waals surface area contributed by atoms with E-state index in [1.165, 1.54) is 24.8 Å². The van der Waals surface area contributed by atoms with Crippen LogP contribution in [0, 0.1) is 0 Å². The molecular formula is C16H23NO2. The minimum atomic E-state index is -0.190. The van der Waals surface area contributed by atoms with E-state index in [9.17, 15) is 4.79 Å². The SMILES string of the molecule is CCCCCCCOC(=O)c1ccc2c(c1)CCN2. The normalized spacial score (nSPS) is 12.9. The van der Waals surface area contributed by atoms with Crippen molar-refractivity contribution in [3.8, 4) is 0 Å². The van der Waals surface area contributed by atoms with Gasteiger partial charge in [-0.25, -0.2) is 4.79 Å². The number of benzene rings is 1. The van der Waals surface area contributed by atoms with Gasteiger partial charge in [-0.3, -0.25) is 0 Å². The summed E-state index contributed by atoms with van der Waals surface area (Å²) in [4.78, 5) is 11.9. The Hall–Kier alpha value is -1.51. The van der Waals surface area contributed by atoms with Gasteiger partial charge in [0.2, 0.25) is 0 Å². The highest BCUT2D eigenvalue weighted by molar-refractivity contribution is 5.90. The molecule has 104 valence electrons. The van der Waals surface area contributed by atoms with Gasteiger partial charge in [0.05, 0.1) is 12.2 Å². The third-order valence-corrected chi connectivity index (χ3v) is 3.53. The fraction of sp³-hybridized carbons (Fsp3) is 0.562. The van der Waals surface area contributed by atoms with Crippen LogP contribution in [0.25, 0.3) is 0 Å². The first-order valence-corrected chi connectivity index (χ1v) is 7.35. The molecule has 1 N–H and O–H groups in total. The van der Waals surface area contributed by atoms with Gasteiger partial charge in [0.25, 0.3) is 0 Å². The first-order valence-electron chi connectivity index (χ1n) is 7.35. The van der Waals surface area contributed by atoms with Crippen molar-refractivity contribution in [3.63, 3.8) is 0 Å². The molecule has 0 bridgehead atoms. The Balaban J connectivity index is 1.74. The van der Waals surface area contributed by atoms with Crippen LogP contribution in [0.15, 0.2) is 18.2 Å². The molecule has 1 aliphatic rings. The molecule has 0 radical (unpaired) electrons. The van der Waals surface area contributed by atoms with Crippen LogP contribution in [-0.4, -0.2) is 19.1 Å². The second kappa shape index (κ2) is 7.17. The molecule has 0 saturated carbocycles. The quantitative estimate of drug-likeness (QED) is 0.599. The summed E-state index contributed by atoms with van der Waals surface area (Å²) in [6, 6.07) is 5.77. The highest BCUT2D eigenvalue weighted by Gasteiger charge is 2.13. The first-order chi connectivity index (χ1) is 9.31. The van der Waals surface area contributed by atoms with Gasteiger partial charge in [0.15, 0.2) is 0 Å². The summed E-state index contributed by atoms with van der Waals surface area (Å²) in [6.07, 6.45) is 6.86. The Bertz CT molecular complexity index is 429. The molecule has 1 aromatic carbocycles. The number of esters is 1. The van der Waals surface area contributed by atoms with E-state index in [1.807, 2.05) is 18.2 Å². The second-order valence-corrected chi connectivity index (χ2v) is 5.10. The molecule has 0 unspecified atom stereocenters. The molecule has 1 aromatic rings. The predicted molar refractivity (Wildman–Crippen MR) is 77.7 cm³/mol. The Morgan fingerprint density at radius 1 is 1.26 bits per heavy atom. The van der Waals surface area contributed by atoms with E-state index in [4.69, 9.17) is 4.74 Å². The maximum atomic E-state index is 11.9. The Morgan fingerprint density at radius 2 is 2.11 bits per heavy atom. The average molecular weight is 261 g/mol. The summed E-state index contributed by atoms with van der Waals surface area (Å²) in [6.45, 7) is 3.70. The smallest absolute Gasteiger partial charge is 0.338 e. The van der Waals surface area contributed by atoms with Crippen molar-refractivity contribution in [3.05, 3.63) is 29.3 Å². The number of hydrogen-bond acceptors (Lipinski definition) is 3. The molecular weight excluding hydrogens is 238 g/mol. The molecule has 0 aromatic heterocycles. The lowest BCUT2D eigenvalue weighted by Crippen LogP contribution is -2.06. The van der Waals surface area contributed by atoms with Gasteiger partial charge in [0.1, 0.15) is 0 Å². The van der Waals surface area contributed by atoms with Crippen LogP contribution in [-0.2, 0) is 11.2 Å². The number of anilines is 1. The van der Waals surface area contributed by atoms with Gasteiger partial charge < -0.3 is 10.1 Å². The summed E-state index contributed by atoms with van der Waals surface area (Å²) in [5, 5.41) is 3.29. The molecule has 1 aliphatic heterocycles. The Kier molecular flexibility index (Phi) is 5.25. The largest absolute Gasteiger partial charge is 0.462 e. The monoisotopic (exact) mass is 261 g/mol. The number of unbranched alkanes of at least 4 members (excludes halogenated alkanes) is 4. The first kappa shape index (κ1) is 13.9. The molecule has 2 rings (SSSR count). The fourth-order valence-corrected chi connectivity index (χ4v) is 2.39. The zero-order valence-electron chi connectivity index (χ0n) is 11.7. The van der Waals surface area contributed by atoms with Crippen molar-refractivity contribution < 1.29 is 9.53 Å². The van der Waals surface area contributed by atoms with Gasteiger partial charge >= 0.3 is 5.97 Å². The highest BCUT2D eigenvalue weighted by atomic mass is 16.5. The zero-order valence-corrected chi connectivity index (χ0v) is 11.7. The minimum absolute atomic E-state index is 0.190. The molecule has 0 amide bonds. The Morgan fingerprint density at radius 3 is 2.95 bits per heavy atom. The maximum Gasteiger partial charge on any atom is 0.338 e. The van der Waals surface area contributed by atoms with E-state index in [0.717, 1.165) is 31.5 Å². The summed E-state index contributed by atoms with van der Waals surface area (Å²) in [7, 11) is 0. The fourth-order valence-electron chi connectivity index (χ4n) is 2.39. The van der Waals surface area contributed by atoms with E-state index >= 15 is 0 Å². The number of nitrogens with one attached hydrogen (secondary N) is 1. The van der Waals surface area contributed by atoms with Crippen molar-refractivity contribution in [1.29, 1.82) is 0 Å². The van der Waals surface area contributed by atoms with E-state index in [2.05, 4.69) is 12.2 Å². The van der Waals surface area contributed by atoms with Crippen molar-refractivity contribution in [2.75, 3.05) is 18.5 Å². The molecule has 0 fully saturated rings. The number of fused-ring (bicyclic) bond motifs is 1. The van der Waals surface area contributed by atoms with Crippen molar-refractivity contribution >= 4 is 11.7 Å². The number of rotatable bonds is 7. The van der Waals surface area contributed by atoms with Crippen LogP contribution in [0.2, 0.25) is 0 Å². The Labute approximate surface area is 115 Å². The number of hydrogen-bond donors (Lipinski definition) is 1. The van der Waals surface area contributed by atoms with Gasteiger partial charge in [-0.15, -0.1) is 0 Å². The molecule has 19 heavy (non-hydrogen) atoms. The van der Waals surface area contributed by atoms with E-state index in [-0.39, 0.29) is 5.97 Å². The van der Waals surface area contributed by atoms with E-state index in [1.54, 1.807) is 0 Å². The third-order valence-electron chi connectivity index (χ3n) is 3.53. The maximum absolute atomic E-state index is 11.9. The molecule has 0 saturated heterocycles. The van der Waals surface area contributed by atoms with E-state index < -0.39 is 0 Å². The molecule has 0 spiro atoms. The zero-order chi connectivity index (χ0) is 13.5. The molecule has 3 heteroatoms. The number of carbonyl (C=O) groups is 1. The third kappa shape index (κ3) is 3.98. The van der Waals surface area contributed by atoms with Gasteiger partial charge in [0, 0.05) is 12.2 Å². The summed E-state index contributed by atoms with van der Waals surface area (Å²) in [5.41, 5.74) is 3.05. The van der Waals surface area contributed by atoms with Crippen LogP contribution in [0.1, 0.15) is 54.9 Å². The lowest BCUT2D eigenvalue weighted by molar-refractivity contribution is 0.0497. The van der Waals surface area contributed by atoms with Crippen LogP contribution in [0.5, 0.6) is 0 Å². The van der Waals surface area contributed by atoms with Crippen LogP contribution in [0.4, 0.5) is 5.69 Å². The van der Waals surface area contributed by atoms with Crippen LogP contribution >= 0.6 is 0 Å². The van der Waals surface area contributed by atoms with Crippen LogP contribution < -0.4 is 5.32 Å². The average Bonchev–Trinajstić information content (AvgIpc) is 2.89. The van der Waals surface area contributed by atoms with Crippen molar-refractivity contribution in [2.24, 2.45) is 0 Å². The molecule has 0 aliphatic carbocycles. The van der Waals surface area contributed by atoms with Gasteiger partial charge in [-0.1, -0.05) is 32.6 Å². The standard InChI is InChI=1S/C16H23NO2/c1-2-3-4-5-6-11-19-16(18)14-7-8-15-13(12-14)9-10-17-15/h7-8,12,17H,2-6,9-11H2,1H3. The summed E-state index contributed by atoms with van der Waals surface area (Å²) < 4.78 is 5.31. The predicted octanol–water partition coefficient (Wildman–Crippen LogP) is 3.78. The van der Waals surface area contributed by atoms with Crippen molar-refractivity contribution in [2.45, 2.75) is 45.4 Å². The topological polar surface area (TPSA) is 38.3 Å². The number of carbonyl (C=O) groups excluding carboxylic acids is 1. The van der Waals surface area contributed by atoms with Gasteiger partial charge in [-0.05, 0) is 36.6 Å².